The highest BCUT2D eigenvalue weighted by atomic mass is 16.5. The number of nitrogens with one attached hydrogen (secondary N) is 2. The Hall–Kier alpha value is -2.63. The Morgan fingerprint density at radius 1 is 1.29 bits per heavy atom. The summed E-state index contributed by atoms with van der Waals surface area (Å²) in [5.74, 6) is 2.60. The Morgan fingerprint density at radius 2 is 2.19 bits per heavy atom. The monoisotopic (exact) mass is 283 g/mol. The van der Waals surface area contributed by atoms with Crippen LogP contribution in [0.25, 0.3) is 10.9 Å². The van der Waals surface area contributed by atoms with Gasteiger partial charge < -0.3 is 10.1 Å². The number of aromatic amines is 1. The molecule has 0 unspecified atom stereocenters. The van der Waals surface area contributed by atoms with Crippen LogP contribution in [0, 0.1) is 6.92 Å². The molecule has 0 aliphatic rings. The summed E-state index contributed by atoms with van der Waals surface area (Å²) < 4.78 is 5.24. The number of aryl methyl sites for hydroxylation is 1. The molecule has 21 heavy (non-hydrogen) atoms. The van der Waals surface area contributed by atoms with Gasteiger partial charge in [0, 0.05) is 18.4 Å². The molecule has 0 saturated carbocycles. The standard InChI is InChI=1S/C15H17N5O/c1-10-7-11-8-12(21-2)3-4-13(11)19-15(10)16-6-5-14-17-9-18-20-14/h3-4,7-9H,5-6H2,1-2H3,(H,16,19)(H,17,18,20). The van der Waals surface area contributed by atoms with Gasteiger partial charge >= 0.3 is 0 Å². The van der Waals surface area contributed by atoms with Gasteiger partial charge in [0.15, 0.2) is 0 Å². The molecule has 0 aliphatic carbocycles. The third kappa shape index (κ3) is 2.94. The van der Waals surface area contributed by atoms with E-state index in [2.05, 4.69) is 31.5 Å². The molecule has 0 aliphatic heterocycles. The van der Waals surface area contributed by atoms with Crippen LogP contribution in [0.4, 0.5) is 5.82 Å². The van der Waals surface area contributed by atoms with Crippen molar-refractivity contribution in [2.75, 3.05) is 19.0 Å². The van der Waals surface area contributed by atoms with Crippen LogP contribution in [-0.2, 0) is 6.42 Å². The number of ether oxygens (including phenoxy) is 1. The first-order valence-corrected chi connectivity index (χ1v) is 6.80. The van der Waals surface area contributed by atoms with Crippen LogP contribution in [-0.4, -0.2) is 33.8 Å². The molecule has 0 bridgehead atoms. The van der Waals surface area contributed by atoms with E-state index in [4.69, 9.17) is 4.74 Å². The van der Waals surface area contributed by atoms with Crippen molar-refractivity contribution in [3.05, 3.63) is 42.0 Å². The smallest absolute Gasteiger partial charge is 0.137 e. The molecule has 0 fully saturated rings. The van der Waals surface area contributed by atoms with Crippen LogP contribution in [0.1, 0.15) is 11.4 Å². The van der Waals surface area contributed by atoms with Gasteiger partial charge in [0.05, 0.1) is 12.6 Å². The first-order chi connectivity index (χ1) is 10.3. The molecule has 3 aromatic rings. The average molecular weight is 283 g/mol. The lowest BCUT2D eigenvalue weighted by atomic mass is 10.1. The molecule has 2 heterocycles. The lowest BCUT2D eigenvalue weighted by molar-refractivity contribution is 0.415. The Kier molecular flexibility index (Phi) is 3.68. The number of hydrogen-bond acceptors (Lipinski definition) is 5. The van der Waals surface area contributed by atoms with E-state index in [-0.39, 0.29) is 0 Å². The van der Waals surface area contributed by atoms with Gasteiger partial charge in [-0.05, 0) is 36.8 Å². The van der Waals surface area contributed by atoms with Gasteiger partial charge in [0.2, 0.25) is 0 Å². The highest BCUT2D eigenvalue weighted by molar-refractivity contribution is 5.83. The first-order valence-electron chi connectivity index (χ1n) is 6.80. The summed E-state index contributed by atoms with van der Waals surface area (Å²) in [7, 11) is 1.67. The van der Waals surface area contributed by atoms with Crippen molar-refractivity contribution in [2.45, 2.75) is 13.3 Å². The van der Waals surface area contributed by atoms with Crippen LogP contribution in [0.2, 0.25) is 0 Å². The largest absolute Gasteiger partial charge is 0.497 e. The Morgan fingerprint density at radius 3 is 2.95 bits per heavy atom. The molecule has 6 nitrogen and oxygen atoms in total. The molecule has 3 rings (SSSR count). The molecule has 2 N–H and O–H groups in total. The predicted molar refractivity (Wildman–Crippen MR) is 81.6 cm³/mol. The fourth-order valence-corrected chi connectivity index (χ4v) is 2.22. The van der Waals surface area contributed by atoms with Gasteiger partial charge in [-0.15, -0.1) is 0 Å². The summed E-state index contributed by atoms with van der Waals surface area (Å²) in [4.78, 5) is 8.75. The molecule has 0 amide bonds. The number of pyridine rings is 1. The summed E-state index contributed by atoms with van der Waals surface area (Å²) in [6.45, 7) is 2.80. The van der Waals surface area contributed by atoms with Crippen LogP contribution >= 0.6 is 0 Å². The molecule has 0 spiro atoms. The van der Waals surface area contributed by atoms with Crippen molar-refractivity contribution in [3.63, 3.8) is 0 Å². The molecule has 2 aromatic heterocycles. The van der Waals surface area contributed by atoms with E-state index in [1.807, 2.05) is 25.1 Å². The summed E-state index contributed by atoms with van der Waals surface area (Å²) in [6, 6.07) is 7.99. The third-order valence-electron chi connectivity index (χ3n) is 3.33. The van der Waals surface area contributed by atoms with Crippen molar-refractivity contribution in [3.8, 4) is 5.75 Å². The van der Waals surface area contributed by atoms with Gasteiger partial charge in [0.25, 0.3) is 0 Å². The fraction of sp³-hybridized carbons (Fsp3) is 0.267. The van der Waals surface area contributed by atoms with Gasteiger partial charge in [-0.1, -0.05) is 0 Å². The van der Waals surface area contributed by atoms with Crippen LogP contribution in [0.15, 0.2) is 30.6 Å². The zero-order valence-electron chi connectivity index (χ0n) is 12.1. The van der Waals surface area contributed by atoms with Crippen LogP contribution in [0.3, 0.4) is 0 Å². The number of benzene rings is 1. The van der Waals surface area contributed by atoms with Crippen LogP contribution < -0.4 is 10.1 Å². The number of H-pyrrole nitrogens is 1. The Balaban J connectivity index is 1.77. The molecular weight excluding hydrogens is 266 g/mol. The van der Waals surface area contributed by atoms with Crippen LogP contribution in [0.5, 0.6) is 5.75 Å². The van der Waals surface area contributed by atoms with Gasteiger partial charge in [-0.25, -0.2) is 9.97 Å². The minimum Gasteiger partial charge on any atom is -0.497 e. The number of aromatic nitrogens is 4. The van der Waals surface area contributed by atoms with Crippen molar-refractivity contribution in [1.29, 1.82) is 0 Å². The summed E-state index contributed by atoms with van der Waals surface area (Å²) in [5.41, 5.74) is 2.05. The second-order valence-corrected chi connectivity index (χ2v) is 4.82. The highest BCUT2D eigenvalue weighted by Crippen LogP contribution is 2.23. The summed E-state index contributed by atoms with van der Waals surface area (Å²) in [6.07, 6.45) is 2.30. The number of anilines is 1. The van der Waals surface area contributed by atoms with E-state index < -0.39 is 0 Å². The molecule has 0 radical (unpaired) electrons. The van der Waals surface area contributed by atoms with E-state index in [1.54, 1.807) is 7.11 Å². The van der Waals surface area contributed by atoms with Crippen molar-refractivity contribution in [2.24, 2.45) is 0 Å². The van der Waals surface area contributed by atoms with E-state index in [9.17, 15) is 0 Å². The topological polar surface area (TPSA) is 75.7 Å². The molecule has 6 heteroatoms. The van der Waals surface area contributed by atoms with E-state index in [1.165, 1.54) is 6.33 Å². The fourth-order valence-electron chi connectivity index (χ4n) is 2.22. The van der Waals surface area contributed by atoms with Gasteiger partial charge in [0.1, 0.15) is 23.7 Å². The molecule has 1 aromatic carbocycles. The van der Waals surface area contributed by atoms with E-state index in [0.29, 0.717) is 0 Å². The minimum absolute atomic E-state index is 0.755. The molecular formula is C15H17N5O. The van der Waals surface area contributed by atoms with Gasteiger partial charge in [-0.2, -0.15) is 5.10 Å². The Labute approximate surface area is 122 Å². The zero-order valence-corrected chi connectivity index (χ0v) is 12.1. The molecule has 108 valence electrons. The zero-order chi connectivity index (χ0) is 14.7. The highest BCUT2D eigenvalue weighted by Gasteiger charge is 2.05. The maximum absolute atomic E-state index is 5.24. The second kappa shape index (κ2) is 5.78. The lowest BCUT2D eigenvalue weighted by Gasteiger charge is -2.10. The number of fused-ring (bicyclic) bond motifs is 1. The SMILES string of the molecule is COc1ccc2nc(NCCc3ncn[nH]3)c(C)cc2c1. The minimum atomic E-state index is 0.755. The molecule has 0 saturated heterocycles. The average Bonchev–Trinajstić information content (AvgIpc) is 3.00. The second-order valence-electron chi connectivity index (χ2n) is 4.82. The first kappa shape index (κ1) is 13.4. The van der Waals surface area contributed by atoms with Crippen molar-refractivity contribution < 1.29 is 4.74 Å². The van der Waals surface area contributed by atoms with Crippen molar-refractivity contribution in [1.82, 2.24) is 20.2 Å². The number of rotatable bonds is 5. The van der Waals surface area contributed by atoms with E-state index >= 15 is 0 Å². The Bertz CT molecular complexity index is 739. The quantitative estimate of drug-likeness (QED) is 0.751. The maximum Gasteiger partial charge on any atom is 0.137 e. The van der Waals surface area contributed by atoms with Gasteiger partial charge in [-0.3, -0.25) is 5.10 Å². The predicted octanol–water partition coefficient (Wildman–Crippen LogP) is 2.32. The maximum atomic E-state index is 5.24. The van der Waals surface area contributed by atoms with E-state index in [0.717, 1.165) is 46.8 Å². The number of hydrogen-bond donors (Lipinski definition) is 2. The number of nitrogens with zero attached hydrogens (tertiary/aromatic N) is 3. The number of methoxy groups -OCH3 is 1. The third-order valence-corrected chi connectivity index (χ3v) is 3.33. The van der Waals surface area contributed by atoms with Crippen molar-refractivity contribution >= 4 is 16.7 Å². The normalized spacial score (nSPS) is 10.8. The summed E-state index contributed by atoms with van der Waals surface area (Å²) >= 11 is 0. The molecule has 0 atom stereocenters. The summed E-state index contributed by atoms with van der Waals surface area (Å²) in [5, 5.41) is 11.1. The lowest BCUT2D eigenvalue weighted by Crippen LogP contribution is -2.08.